The molecule has 2 aromatic heterocycles. The van der Waals surface area contributed by atoms with Gasteiger partial charge in [0, 0.05) is 23.5 Å². The molecule has 0 radical (unpaired) electrons. The fourth-order valence-electron chi connectivity index (χ4n) is 2.29. The van der Waals surface area contributed by atoms with Crippen molar-refractivity contribution in [3.05, 3.63) is 59.9 Å². The Morgan fingerprint density at radius 3 is 2.29 bits per heavy atom. The molecule has 11 heteroatoms. The summed E-state index contributed by atoms with van der Waals surface area (Å²) in [5.74, 6) is -2.42. The number of ether oxygens (including phenoxy) is 1. The molecule has 3 aromatic rings. The Labute approximate surface area is 155 Å². The van der Waals surface area contributed by atoms with E-state index < -0.39 is 23.9 Å². The monoisotopic (exact) mass is 392 g/mol. The SMILES string of the molecule is NC(=O)c1c(-c2ccncc2)noc1NC(=O)c1ccc(OC(F)(F)F)cc1. The Morgan fingerprint density at radius 1 is 1.07 bits per heavy atom. The number of halogens is 3. The molecule has 0 atom stereocenters. The molecule has 0 spiro atoms. The van der Waals surface area contributed by atoms with Crippen molar-refractivity contribution in [3.8, 4) is 17.0 Å². The van der Waals surface area contributed by atoms with Gasteiger partial charge in [-0.1, -0.05) is 5.16 Å². The molecule has 0 saturated heterocycles. The maximum Gasteiger partial charge on any atom is 0.573 e. The Morgan fingerprint density at radius 2 is 1.71 bits per heavy atom. The van der Waals surface area contributed by atoms with Gasteiger partial charge in [0.1, 0.15) is 17.0 Å². The van der Waals surface area contributed by atoms with Crippen LogP contribution in [-0.4, -0.2) is 28.3 Å². The number of amides is 2. The van der Waals surface area contributed by atoms with Gasteiger partial charge in [0.15, 0.2) is 0 Å². The van der Waals surface area contributed by atoms with E-state index in [1.165, 1.54) is 12.4 Å². The largest absolute Gasteiger partial charge is 0.573 e. The number of hydrogen-bond acceptors (Lipinski definition) is 6. The summed E-state index contributed by atoms with van der Waals surface area (Å²) in [5.41, 5.74) is 5.80. The zero-order valence-corrected chi connectivity index (χ0v) is 13.9. The lowest BCUT2D eigenvalue weighted by atomic mass is 10.1. The van der Waals surface area contributed by atoms with E-state index >= 15 is 0 Å². The fourth-order valence-corrected chi connectivity index (χ4v) is 2.29. The van der Waals surface area contributed by atoms with E-state index in [-0.39, 0.29) is 22.7 Å². The van der Waals surface area contributed by atoms with Gasteiger partial charge in [-0.25, -0.2) is 0 Å². The molecule has 3 N–H and O–H groups in total. The highest BCUT2D eigenvalue weighted by molar-refractivity contribution is 6.09. The van der Waals surface area contributed by atoms with Crippen LogP contribution < -0.4 is 15.8 Å². The molecule has 0 aliphatic carbocycles. The third kappa shape index (κ3) is 4.26. The van der Waals surface area contributed by atoms with E-state index in [0.29, 0.717) is 5.56 Å². The molecule has 2 amide bonds. The normalized spacial score (nSPS) is 11.1. The molecule has 0 aliphatic heterocycles. The predicted octanol–water partition coefficient (Wildman–Crippen LogP) is 2.99. The van der Waals surface area contributed by atoms with Gasteiger partial charge >= 0.3 is 6.36 Å². The van der Waals surface area contributed by atoms with E-state index in [4.69, 9.17) is 10.3 Å². The summed E-state index contributed by atoms with van der Waals surface area (Å²) in [6, 6.07) is 7.30. The van der Waals surface area contributed by atoms with Crippen molar-refractivity contribution in [1.82, 2.24) is 10.1 Å². The molecule has 0 aliphatic rings. The highest BCUT2D eigenvalue weighted by Crippen LogP contribution is 2.29. The second-order valence-corrected chi connectivity index (χ2v) is 5.36. The minimum atomic E-state index is -4.84. The van der Waals surface area contributed by atoms with Gasteiger partial charge in [0.2, 0.25) is 5.88 Å². The summed E-state index contributed by atoms with van der Waals surface area (Å²) in [6.45, 7) is 0. The van der Waals surface area contributed by atoms with Crippen LogP contribution in [-0.2, 0) is 0 Å². The average molecular weight is 392 g/mol. The van der Waals surface area contributed by atoms with Crippen LogP contribution in [0.15, 0.2) is 53.3 Å². The predicted molar refractivity (Wildman–Crippen MR) is 89.3 cm³/mol. The smallest absolute Gasteiger partial charge is 0.406 e. The first-order chi connectivity index (χ1) is 13.2. The maximum atomic E-state index is 12.3. The number of benzene rings is 1. The lowest BCUT2D eigenvalue weighted by Crippen LogP contribution is -2.18. The minimum Gasteiger partial charge on any atom is -0.406 e. The van der Waals surface area contributed by atoms with Crippen LogP contribution in [0.2, 0.25) is 0 Å². The second-order valence-electron chi connectivity index (χ2n) is 5.36. The van der Waals surface area contributed by atoms with Crippen LogP contribution in [0.5, 0.6) is 5.75 Å². The number of nitrogens with one attached hydrogen (secondary N) is 1. The van der Waals surface area contributed by atoms with Gasteiger partial charge in [-0.05, 0) is 36.4 Å². The number of nitrogens with zero attached hydrogens (tertiary/aromatic N) is 2. The van der Waals surface area contributed by atoms with Crippen LogP contribution in [0.3, 0.4) is 0 Å². The van der Waals surface area contributed by atoms with Gasteiger partial charge < -0.3 is 15.0 Å². The Bertz CT molecular complexity index is 1000. The third-order valence-electron chi connectivity index (χ3n) is 3.47. The molecule has 8 nitrogen and oxygen atoms in total. The van der Waals surface area contributed by atoms with Gasteiger partial charge in [0.05, 0.1) is 0 Å². The Hall–Kier alpha value is -3.89. The zero-order valence-electron chi connectivity index (χ0n) is 13.9. The van der Waals surface area contributed by atoms with Gasteiger partial charge in [-0.15, -0.1) is 13.2 Å². The van der Waals surface area contributed by atoms with E-state index in [0.717, 1.165) is 24.3 Å². The number of carbonyl (C=O) groups is 2. The van der Waals surface area contributed by atoms with Crippen molar-refractivity contribution in [2.24, 2.45) is 5.73 Å². The van der Waals surface area contributed by atoms with Crippen molar-refractivity contribution in [2.75, 3.05) is 5.32 Å². The van der Waals surface area contributed by atoms with Crippen LogP contribution in [0.4, 0.5) is 19.1 Å². The second kappa shape index (κ2) is 7.39. The number of carbonyl (C=O) groups excluding carboxylic acids is 2. The number of anilines is 1. The lowest BCUT2D eigenvalue weighted by Gasteiger charge is -2.09. The average Bonchev–Trinajstić information content (AvgIpc) is 3.05. The molecule has 28 heavy (non-hydrogen) atoms. The van der Waals surface area contributed by atoms with Crippen LogP contribution in [0.1, 0.15) is 20.7 Å². The Balaban J connectivity index is 1.83. The molecule has 0 bridgehead atoms. The summed E-state index contributed by atoms with van der Waals surface area (Å²) in [4.78, 5) is 28.0. The zero-order chi connectivity index (χ0) is 20.3. The van der Waals surface area contributed by atoms with Crippen molar-refractivity contribution in [3.63, 3.8) is 0 Å². The molecule has 2 heterocycles. The van der Waals surface area contributed by atoms with Crippen LogP contribution in [0, 0.1) is 0 Å². The number of primary amides is 1. The van der Waals surface area contributed by atoms with Crippen molar-refractivity contribution >= 4 is 17.7 Å². The minimum absolute atomic E-state index is 0.00759. The molecule has 3 rings (SSSR count). The first kappa shape index (κ1) is 18.9. The summed E-state index contributed by atoms with van der Waals surface area (Å²) in [7, 11) is 0. The van der Waals surface area contributed by atoms with E-state index in [9.17, 15) is 22.8 Å². The van der Waals surface area contributed by atoms with E-state index in [1.807, 2.05) is 0 Å². The quantitative estimate of drug-likeness (QED) is 0.689. The third-order valence-corrected chi connectivity index (χ3v) is 3.47. The first-order valence-corrected chi connectivity index (χ1v) is 7.61. The summed E-state index contributed by atoms with van der Waals surface area (Å²) in [6.07, 6.45) is -1.90. The van der Waals surface area contributed by atoms with Crippen LogP contribution >= 0.6 is 0 Å². The van der Waals surface area contributed by atoms with E-state index in [2.05, 4.69) is 20.2 Å². The maximum absolute atomic E-state index is 12.3. The summed E-state index contributed by atoms with van der Waals surface area (Å²) >= 11 is 0. The van der Waals surface area contributed by atoms with Gasteiger partial charge in [0.25, 0.3) is 11.8 Å². The van der Waals surface area contributed by atoms with Gasteiger partial charge in [-0.2, -0.15) is 0 Å². The number of rotatable bonds is 5. The molecule has 144 valence electrons. The summed E-state index contributed by atoms with van der Waals surface area (Å²) < 4.78 is 45.3. The number of alkyl halides is 3. The summed E-state index contributed by atoms with van der Waals surface area (Å²) in [5, 5.41) is 6.06. The van der Waals surface area contributed by atoms with Crippen molar-refractivity contribution in [2.45, 2.75) is 6.36 Å². The molecular formula is C17H11F3N4O4. The van der Waals surface area contributed by atoms with Crippen LogP contribution in [0.25, 0.3) is 11.3 Å². The van der Waals surface area contributed by atoms with Gasteiger partial charge in [-0.3, -0.25) is 19.9 Å². The molecule has 0 fully saturated rings. The molecule has 0 unspecified atom stereocenters. The molecular weight excluding hydrogens is 381 g/mol. The Kier molecular flexibility index (Phi) is 4.98. The topological polar surface area (TPSA) is 120 Å². The highest BCUT2D eigenvalue weighted by atomic mass is 19.4. The van der Waals surface area contributed by atoms with E-state index in [1.54, 1.807) is 12.1 Å². The number of aromatic nitrogens is 2. The van der Waals surface area contributed by atoms with Crippen molar-refractivity contribution < 1.29 is 32.0 Å². The number of hydrogen-bond donors (Lipinski definition) is 2. The molecule has 1 aromatic carbocycles. The first-order valence-electron chi connectivity index (χ1n) is 7.61. The fraction of sp³-hybridized carbons (Fsp3) is 0.0588. The number of pyridine rings is 1. The number of nitrogens with two attached hydrogens (primary N) is 1. The molecule has 0 saturated carbocycles. The van der Waals surface area contributed by atoms with Crippen molar-refractivity contribution in [1.29, 1.82) is 0 Å². The highest BCUT2D eigenvalue weighted by Gasteiger charge is 2.31. The lowest BCUT2D eigenvalue weighted by molar-refractivity contribution is -0.274. The standard InChI is InChI=1S/C17H11F3N4O4/c18-17(19,20)27-11-3-1-10(2-4-11)15(26)23-16-12(14(21)25)13(24-28-16)9-5-7-22-8-6-9/h1-8H,(H2,21,25)(H,23,26).